The predicted molar refractivity (Wildman–Crippen MR) is 112 cm³/mol. The molecule has 8 nitrogen and oxygen atoms in total. The summed E-state index contributed by atoms with van der Waals surface area (Å²) in [7, 11) is -3.70. The molecule has 1 aliphatic heterocycles. The van der Waals surface area contributed by atoms with E-state index in [-0.39, 0.29) is 10.6 Å². The minimum Gasteiger partial charge on any atom is -0.507 e. The number of phenols is 1. The molecule has 0 unspecified atom stereocenters. The number of rotatable bonds is 8. The van der Waals surface area contributed by atoms with Gasteiger partial charge in [0.1, 0.15) is 5.75 Å². The number of nitrogens with one attached hydrogen (secondary N) is 1. The largest absolute Gasteiger partial charge is 0.507 e. The van der Waals surface area contributed by atoms with Gasteiger partial charge < -0.3 is 10.0 Å². The second-order valence-electron chi connectivity index (χ2n) is 7.14. The maximum absolute atomic E-state index is 12.6. The van der Waals surface area contributed by atoms with Crippen molar-refractivity contribution in [1.82, 2.24) is 9.62 Å². The number of hydrogen-bond acceptors (Lipinski definition) is 5. The number of nitrogens with zero attached hydrogens (tertiary/aromatic N) is 4. The molecule has 9 heteroatoms. The summed E-state index contributed by atoms with van der Waals surface area (Å²) in [5, 5.41) is 13.9. The van der Waals surface area contributed by atoms with Crippen LogP contribution >= 0.6 is 0 Å². The minimum absolute atomic E-state index is 0.0442. The third-order valence-electron chi connectivity index (χ3n) is 5.19. The van der Waals surface area contributed by atoms with E-state index in [9.17, 15) is 13.5 Å². The Kier molecular flexibility index (Phi) is 7.11. The fourth-order valence-electron chi connectivity index (χ4n) is 3.51. The van der Waals surface area contributed by atoms with Gasteiger partial charge in [-0.2, -0.15) is 0 Å². The highest BCUT2D eigenvalue weighted by Crippen LogP contribution is 2.31. The first-order valence-corrected chi connectivity index (χ1v) is 11.1. The van der Waals surface area contributed by atoms with E-state index in [4.69, 9.17) is 5.53 Å². The van der Waals surface area contributed by atoms with Crippen LogP contribution in [0.5, 0.6) is 5.75 Å². The van der Waals surface area contributed by atoms with Crippen molar-refractivity contribution in [2.75, 3.05) is 32.7 Å². The number of benzene rings is 2. The molecule has 1 aliphatic rings. The van der Waals surface area contributed by atoms with Gasteiger partial charge in [-0.25, -0.2) is 13.1 Å². The highest BCUT2D eigenvalue weighted by atomic mass is 32.2. The summed E-state index contributed by atoms with van der Waals surface area (Å²) in [6.45, 7) is 3.16. The van der Waals surface area contributed by atoms with Crippen molar-refractivity contribution in [1.29, 1.82) is 0 Å². The van der Waals surface area contributed by atoms with Crippen LogP contribution in [0.1, 0.15) is 12.8 Å². The lowest BCUT2D eigenvalue weighted by molar-refractivity contribution is 0.190. The number of phenolic OH excluding ortho intramolecular Hbond substituents is 1. The van der Waals surface area contributed by atoms with Gasteiger partial charge in [-0.15, -0.1) is 0 Å². The molecule has 0 bridgehead atoms. The molecule has 0 amide bonds. The maximum Gasteiger partial charge on any atom is 0.240 e. The summed E-state index contributed by atoms with van der Waals surface area (Å²) in [6.07, 6.45) is 1.89. The van der Waals surface area contributed by atoms with Crippen LogP contribution in [0.25, 0.3) is 21.6 Å². The van der Waals surface area contributed by atoms with Crippen molar-refractivity contribution in [3.63, 3.8) is 0 Å². The SMILES string of the molecule is [N-]=[N+]=NCC1CCN(CCNS(=O)(=O)c2ccc(-c3ccccc3)c(O)c2)CC1. The van der Waals surface area contributed by atoms with Crippen LogP contribution in [0.4, 0.5) is 0 Å². The number of aromatic hydroxyl groups is 1. The molecular formula is C20H25N5O3S. The Labute approximate surface area is 170 Å². The van der Waals surface area contributed by atoms with E-state index in [1.54, 1.807) is 6.07 Å². The Hall–Kier alpha value is -2.58. The van der Waals surface area contributed by atoms with Crippen molar-refractivity contribution < 1.29 is 13.5 Å². The van der Waals surface area contributed by atoms with Crippen molar-refractivity contribution >= 4 is 10.0 Å². The zero-order valence-corrected chi connectivity index (χ0v) is 16.9. The molecule has 2 N–H and O–H groups in total. The van der Waals surface area contributed by atoms with E-state index in [1.165, 1.54) is 12.1 Å². The lowest BCUT2D eigenvalue weighted by atomic mass is 9.97. The Balaban J connectivity index is 1.54. The van der Waals surface area contributed by atoms with Crippen LogP contribution in [0.2, 0.25) is 0 Å². The van der Waals surface area contributed by atoms with Crippen LogP contribution in [0.15, 0.2) is 58.5 Å². The molecule has 0 radical (unpaired) electrons. The molecule has 2 aromatic carbocycles. The zero-order chi connectivity index (χ0) is 20.7. The Morgan fingerprint density at radius 3 is 2.55 bits per heavy atom. The standard InChI is InChI=1S/C20H25N5O3S/c21-24-22-15-16-8-11-25(12-9-16)13-10-23-29(27,28)18-6-7-19(20(26)14-18)17-4-2-1-3-5-17/h1-7,14,16,23,26H,8-13,15H2. The number of hydrogen-bond donors (Lipinski definition) is 2. The highest BCUT2D eigenvalue weighted by molar-refractivity contribution is 7.89. The second-order valence-corrected chi connectivity index (χ2v) is 8.91. The van der Waals surface area contributed by atoms with Gasteiger partial charge in [0.05, 0.1) is 4.90 Å². The number of sulfonamides is 1. The molecular weight excluding hydrogens is 390 g/mol. The van der Waals surface area contributed by atoms with Crippen molar-refractivity contribution in [2.24, 2.45) is 11.0 Å². The number of azide groups is 1. The van der Waals surface area contributed by atoms with Gasteiger partial charge in [0.15, 0.2) is 0 Å². The molecule has 1 fully saturated rings. The topological polar surface area (TPSA) is 118 Å². The molecule has 2 aromatic rings. The molecule has 29 heavy (non-hydrogen) atoms. The quantitative estimate of drug-likeness (QED) is 0.390. The first kappa shape index (κ1) is 21.1. The normalized spacial score (nSPS) is 15.7. The van der Waals surface area contributed by atoms with Crippen LogP contribution in [-0.4, -0.2) is 51.1 Å². The molecule has 0 aliphatic carbocycles. The third-order valence-corrected chi connectivity index (χ3v) is 6.65. The van der Waals surface area contributed by atoms with Gasteiger partial charge in [0.2, 0.25) is 10.0 Å². The van der Waals surface area contributed by atoms with Gasteiger partial charge in [0, 0.05) is 36.2 Å². The molecule has 154 valence electrons. The fourth-order valence-corrected chi connectivity index (χ4v) is 4.55. The minimum atomic E-state index is -3.70. The van der Waals surface area contributed by atoms with E-state index < -0.39 is 10.0 Å². The first-order valence-electron chi connectivity index (χ1n) is 9.61. The Morgan fingerprint density at radius 2 is 1.90 bits per heavy atom. The van der Waals surface area contributed by atoms with E-state index in [0.29, 0.717) is 31.1 Å². The van der Waals surface area contributed by atoms with Crippen LogP contribution in [0.3, 0.4) is 0 Å². The van der Waals surface area contributed by atoms with Crippen LogP contribution in [-0.2, 0) is 10.0 Å². The first-order chi connectivity index (χ1) is 14.0. The number of likely N-dealkylation sites (tertiary alicyclic amines) is 1. The third kappa shape index (κ3) is 5.71. The van der Waals surface area contributed by atoms with Crippen molar-refractivity contribution in [3.8, 4) is 16.9 Å². The maximum atomic E-state index is 12.6. The molecule has 0 atom stereocenters. The van der Waals surface area contributed by atoms with E-state index in [1.807, 2.05) is 30.3 Å². The van der Waals surface area contributed by atoms with Gasteiger partial charge >= 0.3 is 0 Å². The molecule has 0 saturated carbocycles. The Bertz CT molecular complexity index is 967. The van der Waals surface area contributed by atoms with Gasteiger partial charge in [0.25, 0.3) is 0 Å². The Morgan fingerprint density at radius 1 is 1.17 bits per heavy atom. The van der Waals surface area contributed by atoms with E-state index in [0.717, 1.165) is 31.5 Å². The lowest BCUT2D eigenvalue weighted by Crippen LogP contribution is -2.40. The van der Waals surface area contributed by atoms with Gasteiger partial charge in [-0.1, -0.05) is 35.4 Å². The van der Waals surface area contributed by atoms with Gasteiger partial charge in [-0.3, -0.25) is 0 Å². The average Bonchev–Trinajstić information content (AvgIpc) is 2.73. The van der Waals surface area contributed by atoms with Gasteiger partial charge in [-0.05, 0) is 55.1 Å². The lowest BCUT2D eigenvalue weighted by Gasteiger charge is -2.31. The van der Waals surface area contributed by atoms with E-state index >= 15 is 0 Å². The predicted octanol–water partition coefficient (Wildman–Crippen LogP) is 3.36. The smallest absolute Gasteiger partial charge is 0.240 e. The summed E-state index contributed by atoms with van der Waals surface area (Å²) in [6, 6.07) is 13.7. The summed E-state index contributed by atoms with van der Waals surface area (Å²) in [5.41, 5.74) is 9.81. The monoisotopic (exact) mass is 415 g/mol. The van der Waals surface area contributed by atoms with E-state index in [2.05, 4.69) is 19.6 Å². The zero-order valence-electron chi connectivity index (χ0n) is 16.1. The molecule has 0 spiro atoms. The number of piperidine rings is 1. The van der Waals surface area contributed by atoms with Crippen LogP contribution < -0.4 is 4.72 Å². The molecule has 3 rings (SSSR count). The molecule has 1 heterocycles. The summed E-state index contributed by atoms with van der Waals surface area (Å²) in [4.78, 5) is 5.04. The van der Waals surface area contributed by atoms with Crippen molar-refractivity contribution in [2.45, 2.75) is 17.7 Å². The summed E-state index contributed by atoms with van der Waals surface area (Å²) >= 11 is 0. The average molecular weight is 416 g/mol. The molecule has 0 aromatic heterocycles. The van der Waals surface area contributed by atoms with Crippen LogP contribution in [0, 0.1) is 5.92 Å². The second kappa shape index (κ2) is 9.76. The fraction of sp³-hybridized carbons (Fsp3) is 0.400. The highest BCUT2D eigenvalue weighted by Gasteiger charge is 2.20. The summed E-state index contributed by atoms with van der Waals surface area (Å²) in [5.74, 6) is 0.339. The van der Waals surface area contributed by atoms with Crippen molar-refractivity contribution in [3.05, 3.63) is 59.0 Å². The molecule has 1 saturated heterocycles. The summed E-state index contributed by atoms with van der Waals surface area (Å²) < 4.78 is 27.7.